The Morgan fingerprint density at radius 2 is 2.09 bits per heavy atom. The molecule has 0 unspecified atom stereocenters. The molecular formula is C18H22ClN3O. The lowest BCUT2D eigenvalue weighted by Gasteiger charge is -2.16. The highest BCUT2D eigenvalue weighted by atomic mass is 35.5. The van der Waals surface area contributed by atoms with Crippen LogP contribution in [0.3, 0.4) is 0 Å². The molecule has 0 aliphatic rings. The van der Waals surface area contributed by atoms with Crippen LogP contribution in [-0.4, -0.2) is 29.4 Å². The molecule has 1 aromatic heterocycles. The van der Waals surface area contributed by atoms with E-state index in [0.29, 0.717) is 10.7 Å². The van der Waals surface area contributed by atoms with Gasteiger partial charge in [-0.25, -0.2) is 4.98 Å². The smallest absolute Gasteiger partial charge is 0.272 e. The van der Waals surface area contributed by atoms with Gasteiger partial charge in [0.2, 0.25) is 0 Å². The first-order valence-corrected chi connectivity index (χ1v) is 8.13. The highest BCUT2D eigenvalue weighted by molar-refractivity contribution is 6.30. The summed E-state index contributed by atoms with van der Waals surface area (Å²) in [6.45, 7) is 4.86. The predicted molar refractivity (Wildman–Crippen MR) is 95.6 cm³/mol. The standard InChI is InChI=1S/C18H22ClN3O/c1-4-5-10-22(3)18(23)16-9-8-15(12-20-16)21-17-11-14(19)7-6-13(17)2/h6-9,11-12,21H,4-5,10H2,1-3H3. The van der Waals surface area contributed by atoms with Gasteiger partial charge in [0.1, 0.15) is 5.69 Å². The van der Waals surface area contributed by atoms with Gasteiger partial charge in [-0.2, -0.15) is 0 Å². The molecule has 1 N–H and O–H groups in total. The maximum absolute atomic E-state index is 12.2. The fraction of sp³-hybridized carbons (Fsp3) is 0.333. The number of hydrogen-bond acceptors (Lipinski definition) is 3. The van der Waals surface area contributed by atoms with Crippen molar-refractivity contribution in [3.8, 4) is 0 Å². The molecule has 0 radical (unpaired) electrons. The lowest BCUT2D eigenvalue weighted by Crippen LogP contribution is -2.28. The van der Waals surface area contributed by atoms with E-state index in [2.05, 4.69) is 17.2 Å². The average molecular weight is 332 g/mol. The van der Waals surface area contributed by atoms with E-state index >= 15 is 0 Å². The third kappa shape index (κ3) is 4.70. The second kappa shape index (κ2) is 7.97. The maximum atomic E-state index is 12.2. The maximum Gasteiger partial charge on any atom is 0.272 e. The quantitative estimate of drug-likeness (QED) is 0.837. The number of nitrogens with one attached hydrogen (secondary N) is 1. The molecule has 2 aromatic rings. The number of carbonyl (C=O) groups is 1. The van der Waals surface area contributed by atoms with Gasteiger partial charge in [0.25, 0.3) is 5.91 Å². The van der Waals surface area contributed by atoms with E-state index in [1.165, 1.54) is 0 Å². The van der Waals surface area contributed by atoms with E-state index in [1.807, 2.05) is 31.2 Å². The number of halogens is 1. The first kappa shape index (κ1) is 17.3. The summed E-state index contributed by atoms with van der Waals surface area (Å²) in [4.78, 5) is 18.2. The summed E-state index contributed by atoms with van der Waals surface area (Å²) in [7, 11) is 1.81. The van der Waals surface area contributed by atoms with E-state index in [0.717, 1.165) is 36.3 Å². The topological polar surface area (TPSA) is 45.2 Å². The molecule has 0 aliphatic carbocycles. The van der Waals surface area contributed by atoms with E-state index in [-0.39, 0.29) is 5.91 Å². The van der Waals surface area contributed by atoms with Gasteiger partial charge in [-0.05, 0) is 43.2 Å². The van der Waals surface area contributed by atoms with Crippen LogP contribution >= 0.6 is 11.6 Å². The van der Waals surface area contributed by atoms with Crippen LogP contribution in [0.2, 0.25) is 5.02 Å². The molecule has 1 amide bonds. The summed E-state index contributed by atoms with van der Waals surface area (Å²) in [5, 5.41) is 3.95. The molecule has 0 saturated carbocycles. The summed E-state index contributed by atoms with van der Waals surface area (Å²) < 4.78 is 0. The van der Waals surface area contributed by atoms with Crippen LogP contribution in [0.25, 0.3) is 0 Å². The normalized spacial score (nSPS) is 10.4. The second-order valence-corrected chi connectivity index (χ2v) is 6.03. The molecule has 0 bridgehead atoms. The molecule has 1 heterocycles. The average Bonchev–Trinajstić information content (AvgIpc) is 2.56. The molecule has 4 nitrogen and oxygen atoms in total. The molecule has 0 atom stereocenters. The van der Waals surface area contributed by atoms with E-state index in [1.54, 1.807) is 24.2 Å². The summed E-state index contributed by atoms with van der Waals surface area (Å²) in [5.74, 6) is -0.0519. The number of aromatic nitrogens is 1. The van der Waals surface area contributed by atoms with Crippen LogP contribution < -0.4 is 5.32 Å². The van der Waals surface area contributed by atoms with Gasteiger partial charge in [0.15, 0.2) is 0 Å². The van der Waals surface area contributed by atoms with Gasteiger partial charge in [-0.15, -0.1) is 0 Å². The van der Waals surface area contributed by atoms with Gasteiger partial charge in [-0.1, -0.05) is 31.0 Å². The van der Waals surface area contributed by atoms with Crippen molar-refractivity contribution in [1.29, 1.82) is 0 Å². The van der Waals surface area contributed by atoms with E-state index in [9.17, 15) is 4.79 Å². The summed E-state index contributed by atoms with van der Waals surface area (Å²) >= 11 is 6.02. The first-order valence-electron chi connectivity index (χ1n) is 7.76. The summed E-state index contributed by atoms with van der Waals surface area (Å²) in [6.07, 6.45) is 3.73. The van der Waals surface area contributed by atoms with Crippen molar-refractivity contribution in [2.24, 2.45) is 0 Å². The fourth-order valence-corrected chi connectivity index (χ4v) is 2.34. The number of anilines is 2. The Labute approximate surface area is 142 Å². The number of rotatable bonds is 6. The first-order chi connectivity index (χ1) is 11.0. The van der Waals surface area contributed by atoms with Crippen LogP contribution in [0.15, 0.2) is 36.5 Å². The highest BCUT2D eigenvalue weighted by Crippen LogP contribution is 2.23. The zero-order valence-electron chi connectivity index (χ0n) is 13.8. The number of unbranched alkanes of at least 4 members (excludes halogenated alkanes) is 1. The third-order valence-corrected chi connectivity index (χ3v) is 3.89. The van der Waals surface area contributed by atoms with Crippen molar-refractivity contribution >= 4 is 28.9 Å². The minimum atomic E-state index is -0.0519. The summed E-state index contributed by atoms with van der Waals surface area (Å²) in [6, 6.07) is 9.28. The van der Waals surface area contributed by atoms with Gasteiger partial charge in [0.05, 0.1) is 11.9 Å². The van der Waals surface area contributed by atoms with Crippen molar-refractivity contribution in [3.63, 3.8) is 0 Å². The Bertz CT molecular complexity index is 670. The number of nitrogens with zero attached hydrogens (tertiary/aromatic N) is 2. The van der Waals surface area contributed by atoms with Gasteiger partial charge in [-0.3, -0.25) is 4.79 Å². The van der Waals surface area contributed by atoms with Crippen molar-refractivity contribution < 1.29 is 4.79 Å². The third-order valence-electron chi connectivity index (χ3n) is 3.65. The monoisotopic (exact) mass is 331 g/mol. The molecule has 2 rings (SSSR count). The molecule has 0 spiro atoms. The van der Waals surface area contributed by atoms with E-state index < -0.39 is 0 Å². The van der Waals surface area contributed by atoms with Crippen molar-refractivity contribution in [1.82, 2.24) is 9.88 Å². The molecule has 122 valence electrons. The SMILES string of the molecule is CCCCN(C)C(=O)c1ccc(Nc2cc(Cl)ccc2C)cn1. The number of aryl methyl sites for hydroxylation is 1. The Morgan fingerprint density at radius 3 is 2.74 bits per heavy atom. The Morgan fingerprint density at radius 1 is 1.30 bits per heavy atom. The second-order valence-electron chi connectivity index (χ2n) is 5.60. The van der Waals surface area contributed by atoms with Gasteiger partial charge >= 0.3 is 0 Å². The predicted octanol–water partition coefficient (Wildman–Crippen LogP) is 4.66. The largest absolute Gasteiger partial charge is 0.354 e. The highest BCUT2D eigenvalue weighted by Gasteiger charge is 2.12. The van der Waals surface area contributed by atoms with Crippen LogP contribution in [0.4, 0.5) is 11.4 Å². The molecule has 0 saturated heterocycles. The van der Waals surface area contributed by atoms with Crippen LogP contribution in [0.5, 0.6) is 0 Å². The molecular weight excluding hydrogens is 310 g/mol. The Balaban J connectivity index is 2.07. The Hall–Kier alpha value is -2.07. The number of pyridine rings is 1. The minimum Gasteiger partial charge on any atom is -0.354 e. The zero-order chi connectivity index (χ0) is 16.8. The number of carbonyl (C=O) groups excluding carboxylic acids is 1. The summed E-state index contributed by atoms with van der Waals surface area (Å²) in [5.41, 5.74) is 3.30. The zero-order valence-corrected chi connectivity index (χ0v) is 14.5. The number of benzene rings is 1. The minimum absolute atomic E-state index is 0.0519. The Kier molecular flexibility index (Phi) is 5.99. The van der Waals surface area contributed by atoms with Gasteiger partial charge < -0.3 is 10.2 Å². The number of hydrogen-bond donors (Lipinski definition) is 1. The van der Waals surface area contributed by atoms with Crippen molar-refractivity contribution in [2.45, 2.75) is 26.7 Å². The molecule has 1 aromatic carbocycles. The molecule has 23 heavy (non-hydrogen) atoms. The number of amides is 1. The van der Waals surface area contributed by atoms with Crippen LogP contribution in [-0.2, 0) is 0 Å². The lowest BCUT2D eigenvalue weighted by molar-refractivity contribution is 0.0787. The van der Waals surface area contributed by atoms with Crippen LogP contribution in [0.1, 0.15) is 35.8 Å². The van der Waals surface area contributed by atoms with Crippen LogP contribution in [0, 0.1) is 6.92 Å². The van der Waals surface area contributed by atoms with Gasteiger partial charge in [0, 0.05) is 24.3 Å². The lowest BCUT2D eigenvalue weighted by atomic mass is 10.2. The van der Waals surface area contributed by atoms with E-state index in [4.69, 9.17) is 11.6 Å². The fourth-order valence-electron chi connectivity index (χ4n) is 2.17. The molecule has 0 aliphatic heterocycles. The molecule has 0 fully saturated rings. The van der Waals surface area contributed by atoms with Crippen molar-refractivity contribution in [3.05, 3.63) is 52.8 Å². The van der Waals surface area contributed by atoms with Crippen molar-refractivity contribution in [2.75, 3.05) is 18.9 Å². The molecule has 5 heteroatoms.